The summed E-state index contributed by atoms with van der Waals surface area (Å²) >= 11 is 0. The molecule has 162 valence electrons. The van der Waals surface area contributed by atoms with Crippen molar-refractivity contribution in [1.29, 1.82) is 0 Å². The first kappa shape index (κ1) is 22.4. The van der Waals surface area contributed by atoms with Crippen LogP contribution in [0.1, 0.15) is 36.2 Å². The predicted octanol–water partition coefficient (Wildman–Crippen LogP) is 4.66. The van der Waals surface area contributed by atoms with E-state index in [2.05, 4.69) is 45.4 Å². The lowest BCUT2D eigenvalue weighted by atomic mass is 10.1. The number of nitrogens with one attached hydrogen (secondary N) is 2. The third kappa shape index (κ3) is 6.62. The molecular weight excluding hydrogens is 386 g/mol. The number of hydrogen-bond donors (Lipinski definition) is 2. The van der Waals surface area contributed by atoms with Gasteiger partial charge in [-0.05, 0) is 63.3 Å². The van der Waals surface area contributed by atoms with Crippen LogP contribution in [-0.2, 0) is 0 Å². The van der Waals surface area contributed by atoms with Gasteiger partial charge < -0.3 is 15.5 Å². The van der Waals surface area contributed by atoms with E-state index in [1.807, 2.05) is 55.5 Å². The van der Waals surface area contributed by atoms with E-state index in [0.29, 0.717) is 23.8 Å². The average molecular weight is 418 g/mol. The van der Waals surface area contributed by atoms with E-state index in [0.717, 1.165) is 42.9 Å². The second-order valence-corrected chi connectivity index (χ2v) is 7.48. The van der Waals surface area contributed by atoms with Crippen LogP contribution < -0.4 is 10.6 Å². The Bertz CT molecular complexity index is 1000. The summed E-state index contributed by atoms with van der Waals surface area (Å²) in [7, 11) is 0. The van der Waals surface area contributed by atoms with E-state index in [4.69, 9.17) is 0 Å². The largest absolute Gasteiger partial charge is 0.352 e. The zero-order valence-electron chi connectivity index (χ0n) is 18.6. The van der Waals surface area contributed by atoms with Crippen molar-refractivity contribution in [3.63, 3.8) is 0 Å². The van der Waals surface area contributed by atoms with Crippen LogP contribution in [0.25, 0.3) is 11.4 Å². The summed E-state index contributed by atoms with van der Waals surface area (Å²) < 4.78 is 0. The third-order valence-corrected chi connectivity index (χ3v) is 5.16. The first-order chi connectivity index (χ1) is 15.1. The maximum atomic E-state index is 12.5. The molecule has 0 aliphatic carbocycles. The first-order valence-electron chi connectivity index (χ1n) is 10.9. The molecule has 0 aliphatic rings. The fourth-order valence-electron chi connectivity index (χ4n) is 3.38. The highest BCUT2D eigenvalue weighted by molar-refractivity contribution is 5.95. The molecule has 31 heavy (non-hydrogen) atoms. The van der Waals surface area contributed by atoms with E-state index in [1.54, 1.807) is 6.20 Å². The number of rotatable bonds is 10. The number of nitrogens with zero attached hydrogens (tertiary/aromatic N) is 3. The van der Waals surface area contributed by atoms with Crippen molar-refractivity contribution < 1.29 is 4.79 Å². The van der Waals surface area contributed by atoms with Crippen LogP contribution in [0.4, 0.5) is 11.5 Å². The molecule has 0 fully saturated rings. The molecule has 0 aliphatic heterocycles. The van der Waals surface area contributed by atoms with Gasteiger partial charge in [0.1, 0.15) is 5.82 Å². The number of benzene rings is 2. The van der Waals surface area contributed by atoms with Crippen molar-refractivity contribution in [1.82, 2.24) is 20.2 Å². The highest BCUT2D eigenvalue weighted by atomic mass is 16.1. The van der Waals surface area contributed by atoms with Gasteiger partial charge in [0.2, 0.25) is 0 Å². The molecule has 1 heterocycles. The number of carbonyl (C=O) groups excluding carboxylic acids is 1. The lowest BCUT2D eigenvalue weighted by Crippen LogP contribution is -2.29. The molecule has 1 aromatic heterocycles. The SMILES string of the molecule is CCN(CC)CCCNC(=O)c1cccc(Nc2ccnc(-c3cccc(C)c3)n2)c1. The Morgan fingerprint density at radius 2 is 1.84 bits per heavy atom. The predicted molar refractivity (Wildman–Crippen MR) is 127 cm³/mol. The summed E-state index contributed by atoms with van der Waals surface area (Å²) in [6.07, 6.45) is 2.67. The minimum atomic E-state index is -0.0636. The van der Waals surface area contributed by atoms with Gasteiger partial charge in [0.05, 0.1) is 0 Å². The van der Waals surface area contributed by atoms with E-state index in [1.165, 1.54) is 0 Å². The Morgan fingerprint density at radius 1 is 1.03 bits per heavy atom. The van der Waals surface area contributed by atoms with Crippen LogP contribution in [0, 0.1) is 6.92 Å². The standard InChI is InChI=1S/C25H31N5O/c1-4-30(5-2)16-8-14-27-25(31)21-11-7-12-22(18-21)28-23-13-15-26-24(29-23)20-10-6-9-19(3)17-20/h6-7,9-13,15,17-18H,4-5,8,14,16H2,1-3H3,(H,27,31)(H,26,28,29). The van der Waals surface area contributed by atoms with Crippen LogP contribution in [-0.4, -0.2) is 47.0 Å². The van der Waals surface area contributed by atoms with Crippen molar-refractivity contribution in [2.24, 2.45) is 0 Å². The molecule has 3 aromatic rings. The summed E-state index contributed by atoms with van der Waals surface area (Å²) in [5, 5.41) is 6.29. The summed E-state index contributed by atoms with van der Waals surface area (Å²) in [4.78, 5) is 23.9. The smallest absolute Gasteiger partial charge is 0.251 e. The molecule has 0 spiro atoms. The zero-order valence-corrected chi connectivity index (χ0v) is 18.6. The van der Waals surface area contributed by atoms with Gasteiger partial charge in [0.25, 0.3) is 5.91 Å². The molecule has 2 N–H and O–H groups in total. The Labute approximate surface area is 184 Å². The highest BCUT2D eigenvalue weighted by Gasteiger charge is 2.08. The minimum Gasteiger partial charge on any atom is -0.352 e. The summed E-state index contributed by atoms with van der Waals surface area (Å²) in [6, 6.07) is 17.4. The van der Waals surface area contributed by atoms with Gasteiger partial charge in [-0.15, -0.1) is 0 Å². The normalized spacial score (nSPS) is 10.8. The monoisotopic (exact) mass is 417 g/mol. The van der Waals surface area contributed by atoms with Crippen LogP contribution >= 0.6 is 0 Å². The second kappa shape index (κ2) is 11.2. The molecule has 6 heteroatoms. The maximum Gasteiger partial charge on any atom is 0.251 e. The van der Waals surface area contributed by atoms with Crippen LogP contribution in [0.5, 0.6) is 0 Å². The summed E-state index contributed by atoms with van der Waals surface area (Å²) in [5.74, 6) is 1.28. The first-order valence-corrected chi connectivity index (χ1v) is 10.9. The van der Waals surface area contributed by atoms with Crippen molar-refractivity contribution in [2.75, 3.05) is 31.5 Å². The number of aromatic nitrogens is 2. The molecule has 0 radical (unpaired) electrons. The number of anilines is 2. The highest BCUT2D eigenvalue weighted by Crippen LogP contribution is 2.20. The van der Waals surface area contributed by atoms with E-state index >= 15 is 0 Å². The molecule has 2 aromatic carbocycles. The van der Waals surface area contributed by atoms with Gasteiger partial charge in [-0.3, -0.25) is 4.79 Å². The molecular formula is C25H31N5O. The van der Waals surface area contributed by atoms with Crippen LogP contribution in [0.2, 0.25) is 0 Å². The maximum absolute atomic E-state index is 12.5. The fourth-order valence-corrected chi connectivity index (χ4v) is 3.38. The average Bonchev–Trinajstić information content (AvgIpc) is 2.79. The van der Waals surface area contributed by atoms with Gasteiger partial charge in [0, 0.05) is 29.6 Å². The van der Waals surface area contributed by atoms with E-state index in [9.17, 15) is 4.79 Å². The van der Waals surface area contributed by atoms with Gasteiger partial charge in [-0.2, -0.15) is 0 Å². The molecule has 0 bridgehead atoms. The Hall–Kier alpha value is -3.25. The van der Waals surface area contributed by atoms with Crippen LogP contribution in [0.3, 0.4) is 0 Å². The number of amides is 1. The third-order valence-electron chi connectivity index (χ3n) is 5.16. The number of aryl methyl sites for hydroxylation is 1. The lowest BCUT2D eigenvalue weighted by molar-refractivity contribution is 0.0952. The van der Waals surface area contributed by atoms with Crippen molar-refractivity contribution in [3.05, 3.63) is 71.9 Å². The van der Waals surface area contributed by atoms with Gasteiger partial charge in [0.15, 0.2) is 5.82 Å². The number of hydrogen-bond acceptors (Lipinski definition) is 5. The Kier molecular flexibility index (Phi) is 8.12. The topological polar surface area (TPSA) is 70.2 Å². The minimum absolute atomic E-state index is 0.0636. The second-order valence-electron chi connectivity index (χ2n) is 7.48. The molecule has 0 saturated carbocycles. The van der Waals surface area contributed by atoms with Gasteiger partial charge in [-0.25, -0.2) is 9.97 Å². The summed E-state index contributed by atoms with van der Waals surface area (Å²) in [6.45, 7) is 10.1. The number of carbonyl (C=O) groups is 1. The Morgan fingerprint density at radius 3 is 2.61 bits per heavy atom. The van der Waals surface area contributed by atoms with Crippen molar-refractivity contribution >= 4 is 17.4 Å². The molecule has 0 saturated heterocycles. The summed E-state index contributed by atoms with van der Waals surface area (Å²) in [5.41, 5.74) is 3.57. The van der Waals surface area contributed by atoms with E-state index < -0.39 is 0 Å². The Balaban J connectivity index is 1.62. The molecule has 0 unspecified atom stereocenters. The van der Waals surface area contributed by atoms with Gasteiger partial charge >= 0.3 is 0 Å². The van der Waals surface area contributed by atoms with Crippen molar-refractivity contribution in [2.45, 2.75) is 27.2 Å². The van der Waals surface area contributed by atoms with Gasteiger partial charge in [-0.1, -0.05) is 43.7 Å². The molecule has 3 rings (SSSR count). The lowest BCUT2D eigenvalue weighted by Gasteiger charge is -2.17. The zero-order chi connectivity index (χ0) is 22.1. The molecule has 0 atom stereocenters. The van der Waals surface area contributed by atoms with E-state index in [-0.39, 0.29) is 5.91 Å². The van der Waals surface area contributed by atoms with Crippen molar-refractivity contribution in [3.8, 4) is 11.4 Å². The molecule has 1 amide bonds. The fraction of sp³-hybridized carbons (Fsp3) is 0.320. The van der Waals surface area contributed by atoms with Crippen LogP contribution in [0.15, 0.2) is 60.8 Å². The quantitative estimate of drug-likeness (QED) is 0.470. The molecule has 6 nitrogen and oxygen atoms in total.